The number of para-hydroxylation sites is 2. The number of hydrogen-bond acceptors (Lipinski definition) is 4. The number of amides is 1. The Morgan fingerprint density at radius 2 is 1.79 bits per heavy atom. The lowest BCUT2D eigenvalue weighted by molar-refractivity contribution is -0.153. The van der Waals surface area contributed by atoms with Crippen molar-refractivity contribution in [2.45, 2.75) is 12.6 Å². The summed E-state index contributed by atoms with van der Waals surface area (Å²) in [5.74, 6) is 0.352. The fourth-order valence-corrected chi connectivity index (χ4v) is 4.12. The molecular formula is C21H21F3N2O3. The van der Waals surface area contributed by atoms with E-state index < -0.39 is 12.8 Å². The molecule has 154 valence electrons. The fraction of sp³-hybridized carbons (Fsp3) is 0.381. The zero-order valence-corrected chi connectivity index (χ0v) is 15.6. The van der Waals surface area contributed by atoms with Crippen LogP contribution >= 0.6 is 0 Å². The molecule has 5 nitrogen and oxygen atoms in total. The van der Waals surface area contributed by atoms with Gasteiger partial charge >= 0.3 is 6.18 Å². The summed E-state index contributed by atoms with van der Waals surface area (Å²) in [6, 6.07) is 13.2. The molecule has 2 aromatic carbocycles. The summed E-state index contributed by atoms with van der Waals surface area (Å²) >= 11 is 0. The Bertz CT molecular complexity index is 885. The topological polar surface area (TPSA) is 53.0 Å². The van der Waals surface area contributed by atoms with Gasteiger partial charge in [-0.1, -0.05) is 12.1 Å². The van der Waals surface area contributed by atoms with Gasteiger partial charge in [0.25, 0.3) is 0 Å². The van der Waals surface area contributed by atoms with E-state index in [1.165, 1.54) is 12.1 Å². The molecule has 2 aliphatic rings. The first-order valence-corrected chi connectivity index (χ1v) is 9.46. The Hall–Kier alpha value is -2.90. The largest absolute Gasteiger partial charge is 0.506 e. The smallest absolute Gasteiger partial charge is 0.422 e. The van der Waals surface area contributed by atoms with Gasteiger partial charge in [0.2, 0.25) is 5.91 Å². The van der Waals surface area contributed by atoms with Crippen LogP contribution in [-0.2, 0) is 4.79 Å². The molecule has 2 fully saturated rings. The van der Waals surface area contributed by atoms with E-state index in [0.717, 1.165) is 12.1 Å². The van der Waals surface area contributed by atoms with Crippen molar-refractivity contribution in [1.29, 1.82) is 0 Å². The molecule has 2 atom stereocenters. The SMILES string of the molecule is O=C1[C@H]2CN(c3ccccc3O)C[C@H]2CCN1c1ccc(OCC(F)(F)F)cc1. The molecule has 2 saturated heterocycles. The number of nitrogens with zero attached hydrogens (tertiary/aromatic N) is 2. The average Bonchev–Trinajstić information content (AvgIpc) is 3.12. The Morgan fingerprint density at radius 1 is 1.07 bits per heavy atom. The van der Waals surface area contributed by atoms with Crippen LogP contribution < -0.4 is 14.5 Å². The summed E-state index contributed by atoms with van der Waals surface area (Å²) in [6.45, 7) is 0.453. The number of ether oxygens (including phenoxy) is 1. The molecule has 0 saturated carbocycles. The van der Waals surface area contributed by atoms with Crippen LogP contribution in [0.2, 0.25) is 0 Å². The highest BCUT2D eigenvalue weighted by atomic mass is 19.4. The molecule has 0 unspecified atom stereocenters. The number of aromatic hydroxyl groups is 1. The number of alkyl halides is 3. The Morgan fingerprint density at radius 3 is 2.48 bits per heavy atom. The zero-order valence-electron chi connectivity index (χ0n) is 15.6. The van der Waals surface area contributed by atoms with Gasteiger partial charge in [0, 0.05) is 25.3 Å². The summed E-state index contributed by atoms with van der Waals surface area (Å²) in [6.07, 6.45) is -3.56. The molecule has 0 aliphatic carbocycles. The number of carbonyl (C=O) groups excluding carboxylic acids is 1. The molecular weight excluding hydrogens is 385 g/mol. The molecule has 8 heteroatoms. The molecule has 2 heterocycles. The maximum atomic E-state index is 13.1. The number of benzene rings is 2. The summed E-state index contributed by atoms with van der Waals surface area (Å²) in [4.78, 5) is 16.8. The second-order valence-electron chi connectivity index (χ2n) is 7.44. The number of rotatable bonds is 4. The fourth-order valence-electron chi connectivity index (χ4n) is 4.12. The van der Waals surface area contributed by atoms with Gasteiger partial charge in [-0.05, 0) is 48.7 Å². The molecule has 0 radical (unpaired) electrons. The number of halogens is 3. The highest BCUT2D eigenvalue weighted by Gasteiger charge is 2.43. The Kier molecular flexibility index (Phi) is 5.02. The average molecular weight is 406 g/mol. The van der Waals surface area contributed by atoms with Crippen molar-refractivity contribution in [1.82, 2.24) is 0 Å². The van der Waals surface area contributed by atoms with Crippen molar-refractivity contribution in [3.63, 3.8) is 0 Å². The van der Waals surface area contributed by atoms with Gasteiger partial charge in [-0.2, -0.15) is 13.2 Å². The van der Waals surface area contributed by atoms with Crippen molar-refractivity contribution in [3.8, 4) is 11.5 Å². The lowest BCUT2D eigenvalue weighted by Crippen LogP contribution is -2.45. The maximum Gasteiger partial charge on any atom is 0.422 e. The first-order valence-electron chi connectivity index (χ1n) is 9.46. The van der Waals surface area contributed by atoms with Crippen molar-refractivity contribution >= 4 is 17.3 Å². The molecule has 2 aliphatic heterocycles. The van der Waals surface area contributed by atoms with E-state index in [-0.39, 0.29) is 29.2 Å². The quantitative estimate of drug-likeness (QED) is 0.839. The summed E-state index contributed by atoms with van der Waals surface area (Å²) in [7, 11) is 0. The molecule has 0 aromatic heterocycles. The third kappa shape index (κ3) is 4.11. The standard InChI is InChI=1S/C21H21F3N2O3/c22-21(23,24)13-29-16-7-5-15(6-8-16)26-10-9-14-11-25(12-17(14)20(26)28)18-3-1-2-4-19(18)27/h1-8,14,17,27H,9-13H2/t14-,17+/m1/s1. The number of phenols is 1. The number of anilines is 2. The summed E-state index contributed by atoms with van der Waals surface area (Å²) in [5, 5.41) is 10.1. The van der Waals surface area contributed by atoms with Gasteiger partial charge in [-0.25, -0.2) is 0 Å². The van der Waals surface area contributed by atoms with Crippen molar-refractivity contribution in [2.75, 3.05) is 36.0 Å². The van der Waals surface area contributed by atoms with Crippen LogP contribution in [-0.4, -0.2) is 43.4 Å². The molecule has 29 heavy (non-hydrogen) atoms. The van der Waals surface area contributed by atoms with E-state index in [9.17, 15) is 23.1 Å². The number of hydrogen-bond donors (Lipinski definition) is 1. The van der Waals surface area contributed by atoms with Gasteiger partial charge in [0.05, 0.1) is 11.6 Å². The normalized spacial score (nSPS) is 22.0. The van der Waals surface area contributed by atoms with Gasteiger partial charge in [0.1, 0.15) is 11.5 Å². The number of carbonyl (C=O) groups is 1. The van der Waals surface area contributed by atoms with E-state index in [2.05, 4.69) is 0 Å². The minimum atomic E-state index is -4.39. The monoisotopic (exact) mass is 406 g/mol. The van der Waals surface area contributed by atoms with Gasteiger partial charge < -0.3 is 19.6 Å². The Labute approximate surface area is 166 Å². The highest BCUT2D eigenvalue weighted by Crippen LogP contribution is 2.39. The zero-order chi connectivity index (χ0) is 20.6. The van der Waals surface area contributed by atoms with Crippen molar-refractivity contribution < 1.29 is 27.8 Å². The third-order valence-electron chi connectivity index (χ3n) is 5.52. The van der Waals surface area contributed by atoms with Crippen LogP contribution in [0.25, 0.3) is 0 Å². The molecule has 1 amide bonds. The highest BCUT2D eigenvalue weighted by molar-refractivity contribution is 5.97. The van der Waals surface area contributed by atoms with Crippen LogP contribution in [0.1, 0.15) is 6.42 Å². The maximum absolute atomic E-state index is 13.1. The van der Waals surface area contributed by atoms with Gasteiger partial charge in [-0.15, -0.1) is 0 Å². The molecule has 1 N–H and O–H groups in total. The van der Waals surface area contributed by atoms with Gasteiger partial charge in [-0.3, -0.25) is 4.79 Å². The minimum absolute atomic E-state index is 0.00290. The molecule has 0 bridgehead atoms. The van der Waals surface area contributed by atoms with Crippen LogP contribution in [0.3, 0.4) is 0 Å². The first-order chi connectivity index (χ1) is 13.8. The van der Waals surface area contributed by atoms with E-state index in [1.54, 1.807) is 29.2 Å². The van der Waals surface area contributed by atoms with Crippen molar-refractivity contribution in [2.24, 2.45) is 11.8 Å². The van der Waals surface area contributed by atoms with E-state index in [0.29, 0.717) is 25.3 Å². The Balaban J connectivity index is 1.44. The number of fused-ring (bicyclic) bond motifs is 1. The van der Waals surface area contributed by atoms with Crippen LogP contribution in [0.15, 0.2) is 48.5 Å². The van der Waals surface area contributed by atoms with Crippen LogP contribution in [0.4, 0.5) is 24.5 Å². The lowest BCUT2D eigenvalue weighted by atomic mass is 9.87. The van der Waals surface area contributed by atoms with E-state index in [1.807, 2.05) is 17.0 Å². The number of piperidine rings is 1. The van der Waals surface area contributed by atoms with E-state index in [4.69, 9.17) is 4.74 Å². The summed E-state index contributed by atoms with van der Waals surface area (Å²) in [5.41, 5.74) is 1.38. The second-order valence-corrected chi connectivity index (χ2v) is 7.44. The predicted octanol–water partition coefficient (Wildman–Crippen LogP) is 3.82. The summed E-state index contributed by atoms with van der Waals surface area (Å²) < 4.78 is 41.5. The van der Waals surface area contributed by atoms with Gasteiger partial charge in [0.15, 0.2) is 6.61 Å². The predicted molar refractivity (Wildman–Crippen MR) is 102 cm³/mol. The second kappa shape index (κ2) is 7.50. The van der Waals surface area contributed by atoms with Crippen LogP contribution in [0, 0.1) is 11.8 Å². The van der Waals surface area contributed by atoms with E-state index >= 15 is 0 Å². The van der Waals surface area contributed by atoms with Crippen LogP contribution in [0.5, 0.6) is 11.5 Å². The molecule has 4 rings (SSSR count). The molecule has 0 spiro atoms. The third-order valence-corrected chi connectivity index (χ3v) is 5.52. The lowest BCUT2D eigenvalue weighted by Gasteiger charge is -2.33. The number of phenolic OH excluding ortho intramolecular Hbond substituents is 1. The minimum Gasteiger partial charge on any atom is -0.506 e. The molecule has 2 aromatic rings. The van der Waals surface area contributed by atoms with Crippen molar-refractivity contribution in [3.05, 3.63) is 48.5 Å². The first kappa shape index (κ1) is 19.4.